The molecule has 0 radical (unpaired) electrons. The van der Waals surface area contributed by atoms with E-state index < -0.39 is 0 Å². The highest BCUT2D eigenvalue weighted by molar-refractivity contribution is 5.81. The Morgan fingerprint density at radius 1 is 1.05 bits per heavy atom. The standard InChI is InChI=1S/C17H26N2O/c1-14(16-10-6-5-7-11-16)18-15(2)17(20)19-12-8-3-4-9-13-19/h5-7,10-11,14-15,18H,3-4,8-9,12-13H2,1-2H3. The van der Waals surface area contributed by atoms with Gasteiger partial charge in [0.2, 0.25) is 5.91 Å². The van der Waals surface area contributed by atoms with Crippen molar-refractivity contribution in [3.8, 4) is 0 Å². The maximum atomic E-state index is 12.5. The molecule has 3 nitrogen and oxygen atoms in total. The molecule has 1 N–H and O–H groups in total. The largest absolute Gasteiger partial charge is 0.341 e. The first kappa shape index (κ1) is 15.0. The highest BCUT2D eigenvalue weighted by Crippen LogP contribution is 2.14. The fraction of sp³-hybridized carbons (Fsp3) is 0.588. The molecule has 1 aromatic rings. The Balaban J connectivity index is 1.90. The molecule has 0 aromatic heterocycles. The van der Waals surface area contributed by atoms with Crippen LogP contribution in [0, 0.1) is 0 Å². The predicted molar refractivity (Wildman–Crippen MR) is 82.5 cm³/mol. The second-order valence-corrected chi connectivity index (χ2v) is 5.76. The highest BCUT2D eigenvalue weighted by atomic mass is 16.2. The second-order valence-electron chi connectivity index (χ2n) is 5.76. The molecule has 1 amide bonds. The summed E-state index contributed by atoms with van der Waals surface area (Å²) >= 11 is 0. The lowest BCUT2D eigenvalue weighted by Crippen LogP contribution is -2.45. The lowest BCUT2D eigenvalue weighted by Gasteiger charge is -2.27. The number of carbonyl (C=O) groups excluding carboxylic acids is 1. The van der Waals surface area contributed by atoms with Crippen molar-refractivity contribution >= 4 is 5.91 Å². The predicted octanol–water partition coefficient (Wildman–Crippen LogP) is 3.13. The Kier molecular flexibility index (Phi) is 5.60. The number of benzene rings is 1. The van der Waals surface area contributed by atoms with Gasteiger partial charge < -0.3 is 4.90 Å². The summed E-state index contributed by atoms with van der Waals surface area (Å²) < 4.78 is 0. The van der Waals surface area contributed by atoms with E-state index in [9.17, 15) is 4.79 Å². The zero-order valence-electron chi connectivity index (χ0n) is 12.6. The number of hydrogen-bond donors (Lipinski definition) is 1. The van der Waals surface area contributed by atoms with E-state index in [0.717, 1.165) is 25.9 Å². The molecule has 1 heterocycles. The molecule has 3 heteroatoms. The SMILES string of the molecule is CC(NC(C)c1ccccc1)C(=O)N1CCCCCC1. The third-order valence-electron chi connectivity index (χ3n) is 4.09. The van der Waals surface area contributed by atoms with Crippen LogP contribution in [0.15, 0.2) is 30.3 Å². The van der Waals surface area contributed by atoms with Crippen molar-refractivity contribution in [3.05, 3.63) is 35.9 Å². The number of likely N-dealkylation sites (tertiary alicyclic amines) is 1. The summed E-state index contributed by atoms with van der Waals surface area (Å²) in [4.78, 5) is 14.5. The Morgan fingerprint density at radius 2 is 1.65 bits per heavy atom. The lowest BCUT2D eigenvalue weighted by molar-refractivity contribution is -0.133. The van der Waals surface area contributed by atoms with Crippen LogP contribution in [0.3, 0.4) is 0 Å². The number of carbonyl (C=O) groups is 1. The number of amides is 1. The third-order valence-corrected chi connectivity index (χ3v) is 4.09. The molecule has 0 saturated carbocycles. The Bertz CT molecular complexity index is 410. The van der Waals surface area contributed by atoms with E-state index in [2.05, 4.69) is 24.4 Å². The third kappa shape index (κ3) is 4.07. The Morgan fingerprint density at radius 3 is 2.25 bits per heavy atom. The zero-order valence-corrected chi connectivity index (χ0v) is 12.6. The summed E-state index contributed by atoms with van der Waals surface area (Å²) in [5, 5.41) is 3.42. The molecule has 2 rings (SSSR count). The summed E-state index contributed by atoms with van der Waals surface area (Å²) in [5.74, 6) is 0.245. The van der Waals surface area contributed by atoms with E-state index in [1.807, 2.05) is 30.0 Å². The molecule has 1 aromatic carbocycles. The van der Waals surface area contributed by atoms with Crippen molar-refractivity contribution in [1.82, 2.24) is 10.2 Å². The van der Waals surface area contributed by atoms with Gasteiger partial charge in [-0.1, -0.05) is 43.2 Å². The van der Waals surface area contributed by atoms with Gasteiger partial charge in [0.05, 0.1) is 6.04 Å². The van der Waals surface area contributed by atoms with Crippen molar-refractivity contribution in [2.24, 2.45) is 0 Å². The summed E-state index contributed by atoms with van der Waals surface area (Å²) in [6.07, 6.45) is 4.80. The van der Waals surface area contributed by atoms with Crippen LogP contribution >= 0.6 is 0 Å². The molecule has 1 fully saturated rings. The minimum atomic E-state index is -0.122. The Hall–Kier alpha value is -1.35. The van der Waals surface area contributed by atoms with Gasteiger partial charge in [0, 0.05) is 19.1 Å². The van der Waals surface area contributed by atoms with Gasteiger partial charge in [-0.05, 0) is 32.3 Å². The maximum absolute atomic E-state index is 12.5. The van der Waals surface area contributed by atoms with E-state index in [1.54, 1.807) is 0 Å². The van der Waals surface area contributed by atoms with Gasteiger partial charge in [-0.15, -0.1) is 0 Å². The van der Waals surface area contributed by atoms with Crippen molar-refractivity contribution in [2.45, 2.75) is 51.6 Å². The summed E-state index contributed by atoms with van der Waals surface area (Å²) in [6.45, 7) is 5.93. The summed E-state index contributed by atoms with van der Waals surface area (Å²) in [6, 6.07) is 10.4. The molecule has 1 aliphatic heterocycles. The molecule has 0 aliphatic carbocycles. The van der Waals surface area contributed by atoms with Crippen LogP contribution in [0.2, 0.25) is 0 Å². The average Bonchev–Trinajstić information content (AvgIpc) is 2.76. The normalized spacial score (nSPS) is 19.2. The molecule has 1 aliphatic rings. The van der Waals surface area contributed by atoms with Gasteiger partial charge in [-0.25, -0.2) is 0 Å². The van der Waals surface area contributed by atoms with Crippen LogP contribution in [-0.4, -0.2) is 29.9 Å². The maximum Gasteiger partial charge on any atom is 0.239 e. The van der Waals surface area contributed by atoms with Crippen LogP contribution in [0.5, 0.6) is 0 Å². The molecule has 2 atom stereocenters. The molecule has 0 bridgehead atoms. The minimum Gasteiger partial charge on any atom is -0.341 e. The van der Waals surface area contributed by atoms with E-state index in [-0.39, 0.29) is 18.0 Å². The fourth-order valence-corrected chi connectivity index (χ4v) is 2.85. The summed E-state index contributed by atoms with van der Waals surface area (Å²) in [5.41, 5.74) is 1.23. The lowest BCUT2D eigenvalue weighted by atomic mass is 10.1. The number of nitrogens with zero attached hydrogens (tertiary/aromatic N) is 1. The first-order valence-electron chi connectivity index (χ1n) is 7.78. The van der Waals surface area contributed by atoms with Crippen molar-refractivity contribution in [2.75, 3.05) is 13.1 Å². The first-order valence-corrected chi connectivity index (χ1v) is 7.78. The first-order chi connectivity index (χ1) is 9.68. The van der Waals surface area contributed by atoms with Crippen LogP contribution < -0.4 is 5.32 Å². The molecular formula is C17H26N2O. The van der Waals surface area contributed by atoms with Crippen molar-refractivity contribution in [1.29, 1.82) is 0 Å². The van der Waals surface area contributed by atoms with Gasteiger partial charge in [-0.2, -0.15) is 0 Å². The van der Waals surface area contributed by atoms with Gasteiger partial charge in [0.1, 0.15) is 0 Å². The molecule has 2 unspecified atom stereocenters. The van der Waals surface area contributed by atoms with Gasteiger partial charge in [0.15, 0.2) is 0 Å². The topological polar surface area (TPSA) is 32.3 Å². The van der Waals surface area contributed by atoms with E-state index in [4.69, 9.17) is 0 Å². The van der Waals surface area contributed by atoms with Gasteiger partial charge >= 0.3 is 0 Å². The quantitative estimate of drug-likeness (QED) is 0.915. The fourth-order valence-electron chi connectivity index (χ4n) is 2.85. The van der Waals surface area contributed by atoms with Crippen LogP contribution in [0.4, 0.5) is 0 Å². The number of rotatable bonds is 4. The highest BCUT2D eigenvalue weighted by Gasteiger charge is 2.22. The average molecular weight is 274 g/mol. The van der Waals surface area contributed by atoms with Gasteiger partial charge in [-0.3, -0.25) is 10.1 Å². The van der Waals surface area contributed by atoms with Crippen LogP contribution in [0.1, 0.15) is 51.1 Å². The second kappa shape index (κ2) is 7.44. The molecule has 0 spiro atoms. The smallest absolute Gasteiger partial charge is 0.239 e. The van der Waals surface area contributed by atoms with E-state index in [1.165, 1.54) is 18.4 Å². The monoisotopic (exact) mass is 274 g/mol. The summed E-state index contributed by atoms with van der Waals surface area (Å²) in [7, 11) is 0. The molecule has 20 heavy (non-hydrogen) atoms. The number of hydrogen-bond acceptors (Lipinski definition) is 2. The minimum absolute atomic E-state index is 0.122. The molecule has 1 saturated heterocycles. The Labute approximate surface area is 122 Å². The van der Waals surface area contributed by atoms with Crippen LogP contribution in [-0.2, 0) is 4.79 Å². The van der Waals surface area contributed by atoms with E-state index in [0.29, 0.717) is 0 Å². The van der Waals surface area contributed by atoms with Gasteiger partial charge in [0.25, 0.3) is 0 Å². The molecular weight excluding hydrogens is 248 g/mol. The zero-order chi connectivity index (χ0) is 14.4. The van der Waals surface area contributed by atoms with Crippen LogP contribution in [0.25, 0.3) is 0 Å². The number of nitrogens with one attached hydrogen (secondary N) is 1. The molecule has 110 valence electrons. The van der Waals surface area contributed by atoms with E-state index >= 15 is 0 Å². The van der Waals surface area contributed by atoms with Crippen molar-refractivity contribution in [3.63, 3.8) is 0 Å². The van der Waals surface area contributed by atoms with Crippen molar-refractivity contribution < 1.29 is 4.79 Å².